The molecule has 2 aliphatic rings. The van der Waals surface area contributed by atoms with Crippen molar-refractivity contribution in [3.8, 4) is 0 Å². The minimum atomic E-state index is -0.233. The first-order valence-corrected chi connectivity index (χ1v) is 6.78. The molecule has 1 saturated heterocycles. The Morgan fingerprint density at radius 1 is 1.26 bits per heavy atom. The Morgan fingerprint density at radius 3 is 2.74 bits per heavy atom. The van der Waals surface area contributed by atoms with Crippen molar-refractivity contribution in [3.05, 3.63) is 35.4 Å². The fraction of sp³-hybridized carbons (Fsp3) is 0.500. The zero-order valence-corrected chi connectivity index (χ0v) is 10.8. The van der Waals surface area contributed by atoms with Crippen LogP contribution < -0.4 is 5.73 Å². The number of carbonyl (C=O) groups excluding carboxylic acids is 1. The Kier molecular flexibility index (Phi) is 3.40. The number of fused-ring (bicyclic) bond motifs is 1. The van der Waals surface area contributed by atoms with Crippen molar-refractivity contribution in [1.29, 1.82) is 0 Å². The molecule has 1 fully saturated rings. The van der Waals surface area contributed by atoms with E-state index in [0.717, 1.165) is 38.0 Å². The van der Waals surface area contributed by atoms with Gasteiger partial charge in [-0.1, -0.05) is 18.2 Å². The number of nitrogens with zero attached hydrogens (tertiary/aromatic N) is 3. The molecule has 0 aromatic heterocycles. The van der Waals surface area contributed by atoms with Gasteiger partial charge in [-0.05, 0) is 31.4 Å². The third-order valence-corrected chi connectivity index (χ3v) is 4.06. The first kappa shape index (κ1) is 12.4. The number of rotatable bonds is 2. The van der Waals surface area contributed by atoms with Crippen LogP contribution in [0.4, 0.5) is 0 Å². The second kappa shape index (κ2) is 5.19. The normalized spacial score (nSPS) is 24.5. The summed E-state index contributed by atoms with van der Waals surface area (Å²) in [6.07, 6.45) is 2.09. The highest BCUT2D eigenvalue weighted by atomic mass is 16.1. The van der Waals surface area contributed by atoms with Crippen LogP contribution in [0.15, 0.2) is 34.5 Å². The van der Waals surface area contributed by atoms with Gasteiger partial charge in [-0.15, -0.1) is 5.11 Å². The van der Waals surface area contributed by atoms with Crippen LogP contribution in [0, 0.1) is 5.92 Å². The zero-order chi connectivity index (χ0) is 13.2. The van der Waals surface area contributed by atoms with E-state index in [1.807, 2.05) is 24.3 Å². The lowest BCUT2D eigenvalue weighted by Crippen LogP contribution is -2.39. The monoisotopic (exact) mass is 258 g/mol. The maximum absolute atomic E-state index is 11.7. The van der Waals surface area contributed by atoms with Crippen LogP contribution in [0.2, 0.25) is 0 Å². The molecule has 3 rings (SSSR count). The van der Waals surface area contributed by atoms with Crippen molar-refractivity contribution in [2.24, 2.45) is 21.9 Å². The number of likely N-dealkylation sites (tertiary alicyclic amines) is 1. The molecule has 1 unspecified atom stereocenters. The first-order chi connectivity index (χ1) is 9.29. The average molecular weight is 258 g/mol. The molecule has 1 atom stereocenters. The van der Waals surface area contributed by atoms with E-state index in [9.17, 15) is 4.79 Å². The van der Waals surface area contributed by atoms with Crippen LogP contribution in [0.25, 0.3) is 0 Å². The van der Waals surface area contributed by atoms with Crippen LogP contribution in [0.1, 0.15) is 34.9 Å². The third-order valence-electron chi connectivity index (χ3n) is 4.06. The van der Waals surface area contributed by atoms with Crippen LogP contribution >= 0.6 is 0 Å². The topological polar surface area (TPSA) is 71.0 Å². The molecule has 5 nitrogen and oxygen atoms in total. The highest BCUT2D eigenvalue weighted by molar-refractivity contribution is 5.96. The van der Waals surface area contributed by atoms with Gasteiger partial charge < -0.3 is 5.73 Å². The number of piperidine rings is 1. The van der Waals surface area contributed by atoms with Gasteiger partial charge in [0, 0.05) is 18.7 Å². The van der Waals surface area contributed by atoms with Gasteiger partial charge >= 0.3 is 0 Å². The van der Waals surface area contributed by atoms with Crippen molar-refractivity contribution in [3.63, 3.8) is 0 Å². The van der Waals surface area contributed by atoms with Gasteiger partial charge in [-0.3, -0.25) is 9.69 Å². The molecular formula is C14H18N4O. The highest BCUT2D eigenvalue weighted by Crippen LogP contribution is 2.32. The van der Waals surface area contributed by atoms with E-state index in [1.54, 1.807) is 0 Å². The van der Waals surface area contributed by atoms with Crippen molar-refractivity contribution in [2.75, 3.05) is 19.6 Å². The Hall–Kier alpha value is -1.59. The smallest absolute Gasteiger partial charge is 0.295 e. The number of amides is 1. The summed E-state index contributed by atoms with van der Waals surface area (Å²) in [6, 6.07) is 7.63. The second-order valence-electron chi connectivity index (χ2n) is 5.20. The summed E-state index contributed by atoms with van der Waals surface area (Å²) >= 11 is 0. The van der Waals surface area contributed by atoms with Crippen molar-refractivity contribution < 1.29 is 4.79 Å². The Balaban J connectivity index is 1.82. The molecule has 0 radical (unpaired) electrons. The Labute approximate surface area is 112 Å². The standard InChI is InChI=1S/C14H18N4O/c15-9-10-5-7-18(8-6-10)13-11-3-1-2-4-12(11)14(19)17-16-13/h1-4,10,13H,5-9,15H2. The molecule has 0 saturated carbocycles. The maximum Gasteiger partial charge on any atom is 0.295 e. The SMILES string of the molecule is NCC1CCN(C2N=NC(=O)c3ccccc32)CC1. The van der Waals surface area contributed by atoms with E-state index in [1.165, 1.54) is 0 Å². The van der Waals surface area contributed by atoms with Crippen molar-refractivity contribution in [2.45, 2.75) is 19.0 Å². The molecule has 2 aliphatic heterocycles. The largest absolute Gasteiger partial charge is 0.330 e. The number of hydrogen-bond acceptors (Lipinski definition) is 4. The lowest BCUT2D eigenvalue weighted by atomic mass is 9.95. The minimum Gasteiger partial charge on any atom is -0.330 e. The molecule has 0 bridgehead atoms. The van der Waals surface area contributed by atoms with E-state index in [0.29, 0.717) is 11.5 Å². The lowest BCUT2D eigenvalue weighted by Gasteiger charge is -2.36. The Bertz CT molecular complexity index is 506. The zero-order valence-electron chi connectivity index (χ0n) is 10.8. The predicted octanol–water partition coefficient (Wildman–Crippen LogP) is 1.96. The number of benzene rings is 1. The van der Waals surface area contributed by atoms with E-state index in [4.69, 9.17) is 5.73 Å². The lowest BCUT2D eigenvalue weighted by molar-refractivity contribution is 0.0938. The second-order valence-corrected chi connectivity index (χ2v) is 5.20. The number of nitrogens with two attached hydrogens (primary N) is 1. The summed E-state index contributed by atoms with van der Waals surface area (Å²) in [5.74, 6) is 0.386. The molecule has 1 amide bonds. The van der Waals surface area contributed by atoms with Crippen molar-refractivity contribution >= 4 is 5.91 Å². The molecule has 2 N–H and O–H groups in total. The van der Waals surface area contributed by atoms with Gasteiger partial charge in [0.1, 0.15) is 6.17 Å². The van der Waals surface area contributed by atoms with E-state index >= 15 is 0 Å². The number of azo groups is 1. The molecule has 1 aromatic carbocycles. The summed E-state index contributed by atoms with van der Waals surface area (Å²) in [6.45, 7) is 2.69. The third kappa shape index (κ3) is 2.31. The van der Waals surface area contributed by atoms with Gasteiger partial charge in [-0.25, -0.2) is 0 Å². The summed E-state index contributed by atoms with van der Waals surface area (Å²) in [4.78, 5) is 14.0. The van der Waals surface area contributed by atoms with Crippen LogP contribution in [-0.2, 0) is 0 Å². The molecule has 1 aromatic rings. The summed E-state index contributed by atoms with van der Waals surface area (Å²) < 4.78 is 0. The van der Waals surface area contributed by atoms with Gasteiger partial charge in [-0.2, -0.15) is 5.11 Å². The average Bonchev–Trinajstić information content (AvgIpc) is 2.48. The van der Waals surface area contributed by atoms with Gasteiger partial charge in [0.15, 0.2) is 0 Å². The molecule has 100 valence electrons. The van der Waals surface area contributed by atoms with Crippen molar-refractivity contribution in [1.82, 2.24) is 4.90 Å². The van der Waals surface area contributed by atoms with E-state index in [-0.39, 0.29) is 12.1 Å². The predicted molar refractivity (Wildman–Crippen MR) is 71.7 cm³/mol. The number of carbonyl (C=O) groups is 1. The molecule has 5 heteroatoms. The van der Waals surface area contributed by atoms with E-state index < -0.39 is 0 Å². The molecule has 0 aliphatic carbocycles. The molecule has 19 heavy (non-hydrogen) atoms. The van der Waals surface area contributed by atoms with E-state index in [2.05, 4.69) is 15.1 Å². The summed E-state index contributed by atoms with van der Waals surface area (Å²) in [5, 5.41) is 7.98. The minimum absolute atomic E-state index is 0.104. The van der Waals surface area contributed by atoms with Crippen LogP contribution in [0.5, 0.6) is 0 Å². The van der Waals surface area contributed by atoms with Crippen LogP contribution in [0.3, 0.4) is 0 Å². The first-order valence-electron chi connectivity index (χ1n) is 6.78. The molecule has 2 heterocycles. The Morgan fingerprint density at radius 2 is 2.00 bits per heavy atom. The van der Waals surface area contributed by atoms with Gasteiger partial charge in [0.05, 0.1) is 5.56 Å². The number of hydrogen-bond donors (Lipinski definition) is 1. The fourth-order valence-corrected chi connectivity index (χ4v) is 2.84. The fourth-order valence-electron chi connectivity index (χ4n) is 2.84. The summed E-state index contributed by atoms with van der Waals surface area (Å²) in [5.41, 5.74) is 7.38. The quantitative estimate of drug-likeness (QED) is 0.881. The molecular weight excluding hydrogens is 240 g/mol. The van der Waals surface area contributed by atoms with Gasteiger partial charge in [0.25, 0.3) is 5.91 Å². The van der Waals surface area contributed by atoms with Gasteiger partial charge in [0.2, 0.25) is 0 Å². The molecule has 0 spiro atoms. The summed E-state index contributed by atoms with van der Waals surface area (Å²) in [7, 11) is 0. The highest BCUT2D eigenvalue weighted by Gasteiger charge is 2.30. The van der Waals surface area contributed by atoms with Crippen LogP contribution in [-0.4, -0.2) is 30.4 Å². The maximum atomic E-state index is 11.7.